The molecular weight excluding hydrogens is 333 g/mol. The summed E-state index contributed by atoms with van der Waals surface area (Å²) in [4.78, 5) is 12.0. The fourth-order valence-electron chi connectivity index (χ4n) is 1.80. The average Bonchev–Trinajstić information content (AvgIpc) is 2.37. The number of carbonyl (C=O) groups is 1. The summed E-state index contributed by atoms with van der Waals surface area (Å²) < 4.78 is 38.3. The van der Waals surface area contributed by atoms with Crippen molar-refractivity contribution in [3.8, 4) is 0 Å². The molecule has 5 heteroatoms. The van der Waals surface area contributed by atoms with E-state index in [-0.39, 0.29) is 17.8 Å². The maximum atomic E-state index is 12.6. The van der Waals surface area contributed by atoms with Gasteiger partial charge in [0.2, 0.25) is 0 Å². The van der Waals surface area contributed by atoms with Crippen molar-refractivity contribution in [3.63, 3.8) is 0 Å². The number of rotatable bonds is 7. The molecule has 0 saturated carbocycles. The van der Waals surface area contributed by atoms with E-state index in [0.29, 0.717) is 10.9 Å². The topological polar surface area (TPSA) is 17.1 Å². The van der Waals surface area contributed by atoms with Crippen LogP contribution in [0, 0.1) is 0 Å². The van der Waals surface area contributed by atoms with Crippen LogP contribution in [-0.2, 0) is 6.18 Å². The lowest BCUT2D eigenvalue weighted by Gasteiger charge is -2.10. The third kappa shape index (κ3) is 5.12. The molecule has 0 aliphatic rings. The molecule has 0 atom stereocenters. The van der Waals surface area contributed by atoms with Gasteiger partial charge in [-0.2, -0.15) is 13.2 Å². The summed E-state index contributed by atoms with van der Waals surface area (Å²) in [5, 5.41) is 0. The number of alkyl halides is 3. The van der Waals surface area contributed by atoms with Crippen LogP contribution in [0.5, 0.6) is 0 Å². The highest BCUT2D eigenvalue weighted by atomic mass is 79.9. The number of hydrogen-bond donors (Lipinski definition) is 0. The Hall–Kier alpha value is -1.10. The Morgan fingerprint density at radius 2 is 1.95 bits per heavy atom. The third-order valence-corrected chi connectivity index (χ3v) is 3.60. The predicted octanol–water partition coefficient (Wildman–Crippen LogP) is 5.79. The zero-order valence-electron chi connectivity index (χ0n) is 11.0. The van der Waals surface area contributed by atoms with E-state index in [2.05, 4.69) is 22.5 Å². The molecule has 0 amide bonds. The average molecular weight is 349 g/mol. The van der Waals surface area contributed by atoms with Crippen LogP contribution in [0.15, 0.2) is 35.3 Å². The maximum absolute atomic E-state index is 12.6. The first-order valence-electron chi connectivity index (χ1n) is 6.37. The Kier molecular flexibility index (Phi) is 6.46. The minimum atomic E-state index is -4.43. The highest BCUT2D eigenvalue weighted by Gasteiger charge is 2.31. The summed E-state index contributed by atoms with van der Waals surface area (Å²) >= 11 is 3.13. The van der Waals surface area contributed by atoms with Gasteiger partial charge in [-0.1, -0.05) is 28.4 Å². The Bertz CT molecular complexity index is 480. The number of benzene rings is 1. The van der Waals surface area contributed by atoms with Gasteiger partial charge in [0.05, 0.1) is 5.56 Å². The number of carbonyl (C=O) groups excluding carboxylic acids is 1. The second-order valence-corrected chi connectivity index (χ2v) is 5.36. The first-order valence-corrected chi connectivity index (χ1v) is 7.16. The minimum Gasteiger partial charge on any atom is -0.294 e. The summed E-state index contributed by atoms with van der Waals surface area (Å²) in [7, 11) is 0. The van der Waals surface area contributed by atoms with Crippen molar-refractivity contribution >= 4 is 21.7 Å². The highest BCUT2D eigenvalue weighted by Crippen LogP contribution is 2.32. The highest BCUT2D eigenvalue weighted by molar-refractivity contribution is 9.10. The number of Topliss-reactive ketones (excluding diaryl/α,β-unsaturated/α-hetero) is 1. The molecule has 0 aliphatic carbocycles. The Labute approximate surface area is 125 Å². The second-order valence-electron chi connectivity index (χ2n) is 4.50. The molecule has 0 bridgehead atoms. The van der Waals surface area contributed by atoms with Gasteiger partial charge in [0.1, 0.15) is 0 Å². The van der Waals surface area contributed by atoms with Crippen LogP contribution in [0.4, 0.5) is 13.2 Å². The van der Waals surface area contributed by atoms with Crippen LogP contribution in [0.3, 0.4) is 0 Å². The number of ketones is 1. The Balaban J connectivity index is 2.70. The number of hydrogen-bond acceptors (Lipinski definition) is 1. The van der Waals surface area contributed by atoms with Crippen molar-refractivity contribution in [1.82, 2.24) is 0 Å². The van der Waals surface area contributed by atoms with E-state index < -0.39 is 11.7 Å². The van der Waals surface area contributed by atoms with E-state index in [4.69, 9.17) is 0 Å². The van der Waals surface area contributed by atoms with Gasteiger partial charge in [-0.3, -0.25) is 4.79 Å². The number of allylic oxidation sites excluding steroid dienone is 1. The molecule has 1 aromatic rings. The SMILES string of the molecule is C=CCCCCCC(=O)c1cc(C(F)(F)F)ccc1Br. The van der Waals surface area contributed by atoms with Crippen LogP contribution in [0.2, 0.25) is 0 Å². The lowest BCUT2D eigenvalue weighted by atomic mass is 10.0. The summed E-state index contributed by atoms with van der Waals surface area (Å²) in [5.74, 6) is -0.262. The monoisotopic (exact) mass is 348 g/mol. The largest absolute Gasteiger partial charge is 0.416 e. The predicted molar refractivity (Wildman–Crippen MR) is 76.8 cm³/mol. The Morgan fingerprint density at radius 1 is 1.25 bits per heavy atom. The van der Waals surface area contributed by atoms with E-state index in [9.17, 15) is 18.0 Å². The van der Waals surface area contributed by atoms with Crippen molar-refractivity contribution < 1.29 is 18.0 Å². The molecule has 110 valence electrons. The molecule has 0 N–H and O–H groups in total. The van der Waals surface area contributed by atoms with Gasteiger partial charge >= 0.3 is 6.18 Å². The maximum Gasteiger partial charge on any atom is 0.416 e. The zero-order valence-corrected chi connectivity index (χ0v) is 12.6. The van der Waals surface area contributed by atoms with Crippen LogP contribution >= 0.6 is 15.9 Å². The lowest BCUT2D eigenvalue weighted by Crippen LogP contribution is -2.08. The molecule has 1 rings (SSSR count). The quantitative estimate of drug-likeness (QED) is 0.346. The van der Waals surface area contributed by atoms with E-state index in [1.165, 1.54) is 6.07 Å². The molecule has 0 fully saturated rings. The van der Waals surface area contributed by atoms with Crippen LogP contribution in [-0.4, -0.2) is 5.78 Å². The van der Waals surface area contributed by atoms with E-state index in [1.807, 2.05) is 6.08 Å². The van der Waals surface area contributed by atoms with Gasteiger partial charge < -0.3 is 0 Å². The van der Waals surface area contributed by atoms with Gasteiger partial charge in [-0.05, 0) is 37.5 Å². The molecule has 0 aromatic heterocycles. The Morgan fingerprint density at radius 3 is 2.55 bits per heavy atom. The first kappa shape index (κ1) is 17.0. The molecule has 0 unspecified atom stereocenters. The summed E-state index contributed by atoms with van der Waals surface area (Å²) in [6.45, 7) is 3.61. The lowest BCUT2D eigenvalue weighted by molar-refractivity contribution is -0.137. The first-order chi connectivity index (χ1) is 9.36. The smallest absolute Gasteiger partial charge is 0.294 e. The van der Waals surface area contributed by atoms with E-state index >= 15 is 0 Å². The van der Waals surface area contributed by atoms with Crippen molar-refractivity contribution in [2.45, 2.75) is 38.3 Å². The summed E-state index contributed by atoms with van der Waals surface area (Å²) in [6, 6.07) is 3.15. The van der Waals surface area contributed by atoms with E-state index in [0.717, 1.165) is 31.4 Å². The van der Waals surface area contributed by atoms with Crippen LogP contribution in [0.1, 0.15) is 48.0 Å². The molecule has 0 spiro atoms. The fraction of sp³-hybridized carbons (Fsp3) is 0.400. The van der Waals surface area contributed by atoms with Crippen LogP contribution < -0.4 is 0 Å². The standard InChI is InChI=1S/C15H16BrF3O/c1-2-3-4-5-6-7-14(20)12-10-11(15(17,18)19)8-9-13(12)16/h2,8-10H,1,3-7H2. The summed E-state index contributed by atoms with van der Waals surface area (Å²) in [6.07, 6.45) is 1.02. The van der Waals surface area contributed by atoms with Crippen molar-refractivity contribution in [2.75, 3.05) is 0 Å². The molecule has 20 heavy (non-hydrogen) atoms. The minimum absolute atomic E-state index is 0.101. The van der Waals surface area contributed by atoms with Crippen molar-refractivity contribution in [1.29, 1.82) is 0 Å². The van der Waals surface area contributed by atoms with Crippen LogP contribution in [0.25, 0.3) is 0 Å². The van der Waals surface area contributed by atoms with Gasteiger partial charge in [-0.15, -0.1) is 6.58 Å². The molecule has 0 heterocycles. The molecule has 0 saturated heterocycles. The van der Waals surface area contributed by atoms with E-state index in [1.54, 1.807) is 0 Å². The third-order valence-electron chi connectivity index (χ3n) is 2.91. The van der Waals surface area contributed by atoms with Gasteiger partial charge in [-0.25, -0.2) is 0 Å². The van der Waals surface area contributed by atoms with Crippen molar-refractivity contribution in [3.05, 3.63) is 46.5 Å². The zero-order chi connectivity index (χ0) is 15.2. The number of halogens is 4. The van der Waals surface area contributed by atoms with Gasteiger partial charge in [0, 0.05) is 16.5 Å². The fourth-order valence-corrected chi connectivity index (χ4v) is 2.27. The van der Waals surface area contributed by atoms with Gasteiger partial charge in [0.15, 0.2) is 5.78 Å². The summed E-state index contributed by atoms with van der Waals surface area (Å²) in [5.41, 5.74) is -0.695. The second kappa shape index (κ2) is 7.62. The van der Waals surface area contributed by atoms with Crippen molar-refractivity contribution in [2.24, 2.45) is 0 Å². The molecular formula is C15H16BrF3O. The molecule has 0 aliphatic heterocycles. The molecule has 0 radical (unpaired) electrons. The number of unbranched alkanes of at least 4 members (excludes halogenated alkanes) is 3. The normalized spacial score (nSPS) is 11.4. The molecule has 1 aromatic carbocycles. The van der Waals surface area contributed by atoms with Gasteiger partial charge in [0.25, 0.3) is 0 Å². The molecule has 1 nitrogen and oxygen atoms in total.